The van der Waals surface area contributed by atoms with Crippen LogP contribution in [0, 0.1) is 5.82 Å². The van der Waals surface area contributed by atoms with E-state index in [-0.39, 0.29) is 18.5 Å². The van der Waals surface area contributed by atoms with E-state index in [1.54, 1.807) is 0 Å². The Morgan fingerprint density at radius 3 is 2.52 bits per heavy atom. The van der Waals surface area contributed by atoms with E-state index in [0.29, 0.717) is 12.1 Å². The molecule has 0 saturated carbocycles. The number of carbonyl (C=O) groups excluding carboxylic acids is 2. The minimum absolute atomic E-state index is 0.0155. The van der Waals surface area contributed by atoms with Crippen LogP contribution in [0.3, 0.4) is 0 Å². The second-order valence-corrected chi connectivity index (χ2v) is 5.16. The number of hydrogen-bond donors (Lipinski definition) is 1. The van der Waals surface area contributed by atoms with Crippen LogP contribution in [0.15, 0.2) is 18.2 Å². The lowest BCUT2D eigenvalue weighted by atomic mass is 10.1. The highest BCUT2D eigenvalue weighted by Gasteiger charge is 2.40. The molecular weight excluding hydrogens is 320 g/mol. The molecule has 5 nitrogen and oxygen atoms in total. The fraction of sp³-hybridized carbons (Fsp3) is 0.429. The smallest absolute Gasteiger partial charge is 0.380 e. The number of alkyl halides is 3. The Morgan fingerprint density at radius 1 is 1.35 bits per heavy atom. The molecule has 1 fully saturated rings. The van der Waals surface area contributed by atoms with E-state index >= 15 is 0 Å². The van der Waals surface area contributed by atoms with Crippen LogP contribution in [-0.2, 0) is 15.7 Å². The van der Waals surface area contributed by atoms with Gasteiger partial charge in [-0.05, 0) is 18.2 Å². The van der Waals surface area contributed by atoms with Crippen molar-refractivity contribution >= 4 is 11.8 Å². The third kappa shape index (κ3) is 3.44. The third-order valence-corrected chi connectivity index (χ3v) is 3.70. The first-order valence-corrected chi connectivity index (χ1v) is 6.65. The van der Waals surface area contributed by atoms with Gasteiger partial charge < -0.3 is 15.4 Å². The first-order valence-electron chi connectivity index (χ1n) is 6.65. The van der Waals surface area contributed by atoms with Crippen molar-refractivity contribution < 1.29 is 31.9 Å². The van der Waals surface area contributed by atoms with Crippen LogP contribution in [0.25, 0.3) is 0 Å². The molecule has 2 atom stereocenters. The fourth-order valence-corrected chi connectivity index (χ4v) is 2.50. The van der Waals surface area contributed by atoms with Gasteiger partial charge in [0, 0.05) is 25.6 Å². The van der Waals surface area contributed by atoms with Crippen molar-refractivity contribution in [3.8, 4) is 0 Å². The lowest BCUT2D eigenvalue weighted by Gasteiger charge is -2.22. The molecule has 0 aromatic heterocycles. The number of halogens is 4. The number of likely N-dealkylation sites (tertiary alicyclic amines) is 1. The highest BCUT2D eigenvalue weighted by atomic mass is 19.4. The summed E-state index contributed by atoms with van der Waals surface area (Å²) in [6.07, 6.45) is -5.21. The maximum absolute atomic E-state index is 13.3. The Labute approximate surface area is 129 Å². The molecule has 1 aliphatic heterocycles. The zero-order valence-corrected chi connectivity index (χ0v) is 12.1. The Bertz CT molecular complexity index is 633. The molecule has 0 aliphatic carbocycles. The van der Waals surface area contributed by atoms with Gasteiger partial charge in [0.05, 0.1) is 11.7 Å². The van der Waals surface area contributed by atoms with E-state index in [0.717, 1.165) is 11.0 Å². The largest absolute Gasteiger partial charge is 0.419 e. The van der Waals surface area contributed by atoms with Crippen molar-refractivity contribution in [1.29, 1.82) is 0 Å². The standard InChI is InChI=1S/C14H14F4N2O3/c1-23-8-5-11(12(19)21)20(6-8)13(22)7-2-3-10(15)9(4-7)14(16,17)18/h2-4,8,11H,5-6H2,1H3,(H2,19,21)/t8-,11-/m0/s1. The first-order chi connectivity index (χ1) is 10.6. The molecule has 126 valence electrons. The van der Waals surface area contributed by atoms with E-state index in [1.165, 1.54) is 7.11 Å². The van der Waals surface area contributed by atoms with Gasteiger partial charge in [0.25, 0.3) is 5.91 Å². The molecular formula is C14H14F4N2O3. The Hall–Kier alpha value is -2.16. The molecule has 2 N–H and O–H groups in total. The maximum Gasteiger partial charge on any atom is 0.419 e. The molecule has 1 aliphatic rings. The van der Waals surface area contributed by atoms with Crippen LogP contribution in [0.2, 0.25) is 0 Å². The van der Waals surface area contributed by atoms with Crippen LogP contribution in [0.4, 0.5) is 17.6 Å². The predicted molar refractivity (Wildman–Crippen MR) is 70.8 cm³/mol. The van der Waals surface area contributed by atoms with Crippen LogP contribution < -0.4 is 5.73 Å². The lowest BCUT2D eigenvalue weighted by molar-refractivity contribution is -0.140. The fourth-order valence-electron chi connectivity index (χ4n) is 2.50. The van der Waals surface area contributed by atoms with E-state index < -0.39 is 41.5 Å². The molecule has 1 heterocycles. The van der Waals surface area contributed by atoms with E-state index in [1.807, 2.05) is 0 Å². The number of nitrogens with zero attached hydrogens (tertiary/aromatic N) is 1. The molecule has 2 amide bonds. The maximum atomic E-state index is 13.3. The summed E-state index contributed by atoms with van der Waals surface area (Å²) in [7, 11) is 1.39. The van der Waals surface area contributed by atoms with Crippen LogP contribution in [-0.4, -0.2) is 42.5 Å². The highest BCUT2D eigenvalue weighted by molar-refractivity contribution is 5.98. The van der Waals surface area contributed by atoms with Gasteiger partial charge in [-0.25, -0.2) is 4.39 Å². The summed E-state index contributed by atoms with van der Waals surface area (Å²) >= 11 is 0. The SMILES string of the molecule is CO[C@H]1C[C@@H](C(N)=O)N(C(=O)c2ccc(F)c(C(F)(F)F)c2)C1. The number of ether oxygens (including phenoxy) is 1. The van der Waals surface area contributed by atoms with Gasteiger partial charge in [-0.2, -0.15) is 13.2 Å². The number of carbonyl (C=O) groups is 2. The molecule has 0 spiro atoms. The summed E-state index contributed by atoms with van der Waals surface area (Å²) in [4.78, 5) is 24.9. The van der Waals surface area contributed by atoms with Gasteiger partial charge in [0.1, 0.15) is 11.9 Å². The zero-order chi connectivity index (χ0) is 17.4. The molecule has 23 heavy (non-hydrogen) atoms. The van der Waals surface area contributed by atoms with Gasteiger partial charge in [-0.3, -0.25) is 9.59 Å². The molecule has 0 unspecified atom stereocenters. The summed E-state index contributed by atoms with van der Waals surface area (Å²) in [5.41, 5.74) is 3.30. The van der Waals surface area contributed by atoms with Crippen molar-refractivity contribution in [1.82, 2.24) is 4.90 Å². The zero-order valence-electron chi connectivity index (χ0n) is 12.1. The summed E-state index contributed by atoms with van der Waals surface area (Å²) in [5.74, 6) is -3.09. The number of methoxy groups -OCH3 is 1. The van der Waals surface area contributed by atoms with Crippen LogP contribution in [0.1, 0.15) is 22.3 Å². The van der Waals surface area contributed by atoms with Crippen molar-refractivity contribution in [3.05, 3.63) is 35.1 Å². The normalized spacial score (nSPS) is 21.5. The second kappa shape index (κ2) is 6.15. The minimum Gasteiger partial charge on any atom is -0.380 e. The summed E-state index contributed by atoms with van der Waals surface area (Å²) < 4.78 is 56.5. The molecule has 0 radical (unpaired) electrons. The molecule has 9 heteroatoms. The number of nitrogens with two attached hydrogens (primary N) is 1. The van der Waals surface area contributed by atoms with Crippen LogP contribution in [0.5, 0.6) is 0 Å². The van der Waals surface area contributed by atoms with E-state index in [9.17, 15) is 27.2 Å². The quantitative estimate of drug-likeness (QED) is 0.853. The number of benzene rings is 1. The van der Waals surface area contributed by atoms with Crippen molar-refractivity contribution in [2.24, 2.45) is 5.73 Å². The summed E-state index contributed by atoms with van der Waals surface area (Å²) in [5, 5.41) is 0. The molecule has 2 rings (SSSR count). The average molecular weight is 334 g/mol. The van der Waals surface area contributed by atoms with Gasteiger partial charge in [0.15, 0.2) is 0 Å². The third-order valence-electron chi connectivity index (χ3n) is 3.70. The van der Waals surface area contributed by atoms with Crippen molar-refractivity contribution in [2.75, 3.05) is 13.7 Å². The lowest BCUT2D eigenvalue weighted by Crippen LogP contribution is -2.43. The van der Waals surface area contributed by atoms with Gasteiger partial charge in [-0.1, -0.05) is 0 Å². The van der Waals surface area contributed by atoms with Crippen molar-refractivity contribution in [2.45, 2.75) is 24.7 Å². The predicted octanol–water partition coefficient (Wildman–Crippen LogP) is 1.56. The Kier molecular flexibility index (Phi) is 4.60. The molecule has 0 bridgehead atoms. The molecule has 1 aromatic carbocycles. The van der Waals surface area contributed by atoms with Gasteiger partial charge >= 0.3 is 6.18 Å². The number of hydrogen-bond acceptors (Lipinski definition) is 3. The van der Waals surface area contributed by atoms with Gasteiger partial charge in [-0.15, -0.1) is 0 Å². The number of rotatable bonds is 3. The van der Waals surface area contributed by atoms with E-state index in [4.69, 9.17) is 10.5 Å². The van der Waals surface area contributed by atoms with Gasteiger partial charge in [0.2, 0.25) is 5.91 Å². The highest BCUT2D eigenvalue weighted by Crippen LogP contribution is 2.32. The topological polar surface area (TPSA) is 72.6 Å². The summed E-state index contributed by atoms with van der Waals surface area (Å²) in [6.45, 7) is 0.0155. The van der Waals surface area contributed by atoms with E-state index in [2.05, 4.69) is 0 Å². The van der Waals surface area contributed by atoms with Crippen LogP contribution >= 0.6 is 0 Å². The monoisotopic (exact) mass is 334 g/mol. The number of primary amides is 1. The Morgan fingerprint density at radius 2 is 2.00 bits per heavy atom. The number of amides is 2. The first kappa shape index (κ1) is 17.2. The second-order valence-electron chi connectivity index (χ2n) is 5.16. The summed E-state index contributed by atoms with van der Waals surface area (Å²) in [6, 6.07) is 0.951. The molecule has 1 aromatic rings. The average Bonchev–Trinajstić information content (AvgIpc) is 2.90. The molecule has 1 saturated heterocycles. The van der Waals surface area contributed by atoms with Crippen molar-refractivity contribution in [3.63, 3.8) is 0 Å². The minimum atomic E-state index is -4.93. The Balaban J connectivity index is 2.35.